The number of pyridine rings is 1. The number of hydrogen-bond donors (Lipinski definition) is 1. The molecule has 168 valence electrons. The number of rotatable bonds is 2. The van der Waals surface area contributed by atoms with Crippen molar-refractivity contribution in [3.05, 3.63) is 102 Å². The molecule has 1 saturated carbocycles. The maximum atomic E-state index is 13.5. The SMILES string of the molecule is CN1C(=CC2C(=O)C(=C3C=[N+](c4cccnc4)c4ccccc43)C2O)C(C)(C)c2ccccc21. The molecule has 5 heteroatoms. The lowest BCUT2D eigenvalue weighted by atomic mass is 9.70. The normalized spacial score (nSPS) is 25.8. The third-order valence-corrected chi connectivity index (χ3v) is 7.41. The van der Waals surface area contributed by atoms with Crippen LogP contribution in [0.1, 0.15) is 25.0 Å². The summed E-state index contributed by atoms with van der Waals surface area (Å²) in [5, 5.41) is 11.2. The van der Waals surface area contributed by atoms with Crippen LogP contribution in [0.5, 0.6) is 0 Å². The fraction of sp³-hybridized carbons (Fsp3) is 0.207. The number of anilines is 1. The number of fused-ring (bicyclic) bond motifs is 2. The Morgan fingerprint density at radius 2 is 1.82 bits per heavy atom. The Bertz CT molecular complexity index is 1430. The molecule has 3 aromatic rings. The van der Waals surface area contributed by atoms with E-state index in [0.717, 1.165) is 33.9 Å². The van der Waals surface area contributed by atoms with Gasteiger partial charge in [0.25, 0.3) is 0 Å². The molecule has 3 aliphatic rings. The van der Waals surface area contributed by atoms with Gasteiger partial charge in [-0.3, -0.25) is 9.78 Å². The number of nitrogens with zero attached hydrogens (tertiary/aromatic N) is 3. The minimum absolute atomic E-state index is 0.0192. The highest BCUT2D eigenvalue weighted by Crippen LogP contribution is 2.49. The van der Waals surface area contributed by atoms with Crippen LogP contribution in [0.3, 0.4) is 0 Å². The van der Waals surface area contributed by atoms with Crippen LogP contribution in [0.4, 0.5) is 17.1 Å². The second kappa shape index (κ2) is 7.34. The average molecular weight is 449 g/mol. The summed E-state index contributed by atoms with van der Waals surface area (Å²) in [6, 6.07) is 20.1. The Balaban J connectivity index is 1.40. The number of ketones is 1. The van der Waals surface area contributed by atoms with Crippen molar-refractivity contribution in [2.24, 2.45) is 5.92 Å². The van der Waals surface area contributed by atoms with Crippen LogP contribution in [0.25, 0.3) is 5.57 Å². The summed E-state index contributed by atoms with van der Waals surface area (Å²) >= 11 is 0. The van der Waals surface area contributed by atoms with Crippen LogP contribution in [0.15, 0.2) is 90.4 Å². The fourth-order valence-corrected chi connectivity index (χ4v) is 5.59. The number of aliphatic hydroxyl groups is 1. The zero-order valence-electron chi connectivity index (χ0n) is 19.4. The van der Waals surface area contributed by atoms with E-state index in [2.05, 4.69) is 35.9 Å². The summed E-state index contributed by atoms with van der Waals surface area (Å²) in [6.07, 6.45) is 6.60. The third kappa shape index (κ3) is 2.80. The van der Waals surface area contributed by atoms with E-state index in [1.807, 2.05) is 72.4 Å². The summed E-state index contributed by atoms with van der Waals surface area (Å²) in [5.41, 5.74) is 7.29. The second-order valence-electron chi connectivity index (χ2n) is 9.64. The monoisotopic (exact) mass is 448 g/mol. The van der Waals surface area contributed by atoms with Crippen LogP contribution in [0, 0.1) is 5.92 Å². The largest absolute Gasteiger partial charge is 0.387 e. The number of allylic oxidation sites excluding steroid dienone is 2. The smallest absolute Gasteiger partial charge is 0.229 e. The maximum absolute atomic E-state index is 13.5. The van der Waals surface area contributed by atoms with E-state index < -0.39 is 12.0 Å². The first-order chi connectivity index (χ1) is 16.4. The Hall–Kier alpha value is -3.83. The Morgan fingerprint density at radius 1 is 1.06 bits per heavy atom. The summed E-state index contributed by atoms with van der Waals surface area (Å²) < 4.78 is 2.03. The zero-order chi connectivity index (χ0) is 23.6. The second-order valence-corrected chi connectivity index (χ2v) is 9.64. The van der Waals surface area contributed by atoms with Crippen molar-refractivity contribution in [3.8, 4) is 0 Å². The number of Topliss-reactive ketones (excluding diaryl/α,β-unsaturated/α-hetero) is 1. The van der Waals surface area contributed by atoms with E-state index in [4.69, 9.17) is 0 Å². The van der Waals surface area contributed by atoms with Crippen LogP contribution >= 0.6 is 0 Å². The molecular formula is C29H26N3O2+. The molecule has 0 bridgehead atoms. The summed E-state index contributed by atoms with van der Waals surface area (Å²) in [5.74, 6) is -0.573. The molecule has 0 amide bonds. The first-order valence-electron chi connectivity index (χ1n) is 11.5. The van der Waals surface area contributed by atoms with E-state index in [-0.39, 0.29) is 11.2 Å². The van der Waals surface area contributed by atoms with Crippen LogP contribution in [0.2, 0.25) is 0 Å². The van der Waals surface area contributed by atoms with Gasteiger partial charge in [-0.05, 0) is 23.8 Å². The molecule has 2 atom stereocenters. The van der Waals surface area contributed by atoms with Crippen LogP contribution in [-0.2, 0) is 10.2 Å². The van der Waals surface area contributed by atoms with E-state index in [9.17, 15) is 9.90 Å². The first kappa shape index (κ1) is 20.8. The molecule has 1 aliphatic carbocycles. The minimum atomic E-state index is -0.846. The summed E-state index contributed by atoms with van der Waals surface area (Å²) in [4.78, 5) is 19.8. The van der Waals surface area contributed by atoms with E-state index in [1.165, 1.54) is 5.56 Å². The molecule has 2 aromatic carbocycles. The molecule has 1 N–H and O–H groups in total. The fourth-order valence-electron chi connectivity index (χ4n) is 5.59. The van der Waals surface area contributed by atoms with Crippen LogP contribution in [-0.4, -0.2) is 35.2 Å². The van der Waals surface area contributed by atoms with Crippen molar-refractivity contribution in [3.63, 3.8) is 0 Å². The number of aromatic nitrogens is 1. The van der Waals surface area contributed by atoms with Gasteiger partial charge in [-0.1, -0.05) is 50.3 Å². The summed E-state index contributed by atoms with van der Waals surface area (Å²) in [7, 11) is 2.03. The molecule has 3 heterocycles. The Morgan fingerprint density at radius 3 is 2.56 bits per heavy atom. The van der Waals surface area contributed by atoms with Crippen molar-refractivity contribution < 1.29 is 9.90 Å². The highest BCUT2D eigenvalue weighted by Gasteiger charge is 2.49. The molecule has 0 spiro atoms. The lowest BCUT2D eigenvalue weighted by Crippen LogP contribution is -2.45. The van der Waals surface area contributed by atoms with Gasteiger partial charge in [0.1, 0.15) is 0 Å². The molecule has 2 aliphatic heterocycles. The number of carbonyl (C=O) groups excluding carboxylic acids is 1. The number of benzene rings is 2. The highest BCUT2D eigenvalue weighted by atomic mass is 16.3. The van der Waals surface area contributed by atoms with Crippen LogP contribution < -0.4 is 9.48 Å². The predicted molar refractivity (Wildman–Crippen MR) is 136 cm³/mol. The van der Waals surface area contributed by atoms with Gasteiger partial charge in [0, 0.05) is 47.7 Å². The Labute approximate surface area is 199 Å². The molecule has 1 fully saturated rings. The van der Waals surface area contributed by atoms with E-state index in [1.54, 1.807) is 12.4 Å². The lowest BCUT2D eigenvalue weighted by Gasteiger charge is -2.35. The van der Waals surface area contributed by atoms with Crippen molar-refractivity contribution in [2.45, 2.75) is 25.4 Å². The molecule has 0 saturated heterocycles. The number of para-hydroxylation sites is 2. The molecule has 2 unspecified atom stereocenters. The quantitative estimate of drug-likeness (QED) is 0.459. The Kier molecular flexibility index (Phi) is 4.48. The molecule has 5 nitrogen and oxygen atoms in total. The molecule has 0 radical (unpaired) electrons. The molecular weight excluding hydrogens is 422 g/mol. The first-order valence-corrected chi connectivity index (χ1v) is 11.5. The number of likely N-dealkylation sites (N-methyl/N-ethyl adjacent to an activating group) is 1. The lowest BCUT2D eigenvalue weighted by molar-refractivity contribution is -0.127. The van der Waals surface area contributed by atoms with Gasteiger partial charge in [0.05, 0.1) is 29.4 Å². The van der Waals surface area contributed by atoms with E-state index in [0.29, 0.717) is 5.57 Å². The molecule has 6 rings (SSSR count). The van der Waals surface area contributed by atoms with Crippen molar-refractivity contribution in [2.75, 3.05) is 11.9 Å². The molecule has 34 heavy (non-hydrogen) atoms. The van der Waals surface area contributed by atoms with E-state index >= 15 is 0 Å². The van der Waals surface area contributed by atoms with Gasteiger partial charge in [-0.25, -0.2) is 0 Å². The molecule has 1 aromatic heterocycles. The number of carbonyl (C=O) groups is 1. The minimum Gasteiger partial charge on any atom is -0.387 e. The van der Waals surface area contributed by atoms with Crippen molar-refractivity contribution in [1.82, 2.24) is 9.56 Å². The van der Waals surface area contributed by atoms with Gasteiger partial charge in [-0.2, -0.15) is 4.58 Å². The number of hydrogen-bond acceptors (Lipinski definition) is 4. The standard InChI is InChI=1S/C29H26N3O2/c1-29(2)22-11-5-7-13-24(22)31(3)25(29)15-20-27(33)26(28(20)34)21-17-32(18-9-8-14-30-16-18)23-12-6-4-10-19(21)23/h4-17,20,27,33H,1-3H3/q+1. The van der Waals surface area contributed by atoms with Gasteiger partial charge in [-0.15, -0.1) is 0 Å². The van der Waals surface area contributed by atoms with Gasteiger partial charge < -0.3 is 10.0 Å². The van der Waals surface area contributed by atoms with Gasteiger partial charge >= 0.3 is 0 Å². The predicted octanol–water partition coefficient (Wildman–Crippen LogP) is 4.63. The van der Waals surface area contributed by atoms with Gasteiger partial charge in [0.15, 0.2) is 12.0 Å². The maximum Gasteiger partial charge on any atom is 0.229 e. The highest BCUT2D eigenvalue weighted by molar-refractivity contribution is 6.28. The van der Waals surface area contributed by atoms with Crippen molar-refractivity contribution >= 4 is 34.6 Å². The average Bonchev–Trinajstić information content (AvgIpc) is 3.32. The zero-order valence-corrected chi connectivity index (χ0v) is 19.4. The topological polar surface area (TPSA) is 56.4 Å². The summed E-state index contributed by atoms with van der Waals surface area (Å²) in [6.45, 7) is 4.34. The number of aliphatic hydroxyl groups excluding tert-OH is 1. The van der Waals surface area contributed by atoms with Gasteiger partial charge in [0.2, 0.25) is 11.4 Å². The third-order valence-electron chi connectivity index (χ3n) is 7.41. The van der Waals surface area contributed by atoms with Crippen molar-refractivity contribution in [1.29, 1.82) is 0 Å².